The molecule has 0 fully saturated rings. The van der Waals surface area contributed by atoms with Gasteiger partial charge in [0.15, 0.2) is 46.5 Å². The van der Waals surface area contributed by atoms with Gasteiger partial charge >= 0.3 is 0 Å². The van der Waals surface area contributed by atoms with E-state index in [-0.39, 0.29) is 19.3 Å². The third-order valence-electron chi connectivity index (χ3n) is 21.9. The SMILES string of the molecule is C=Cc1ccc(CC2(c3c(F)c(F)c(F)c(F)c3F)C3=C(C=CCC3)c3ccc(N(c4ccc5c(c4)C(C)(C)c4cc(N(c6ccc7c(c6)C(Cc6ccc(C=C)cc6)(c6c(F)c(F)c(F)c(F)c6F)c6ccccc6-7)c6cccc7ccccc67)ccc4-5)c4cccc5ccccc45)cc32)cc1. The van der Waals surface area contributed by atoms with Crippen molar-refractivity contribution >= 4 is 73.4 Å². The fourth-order valence-electron chi connectivity index (χ4n) is 17.2. The van der Waals surface area contributed by atoms with Gasteiger partial charge in [-0.1, -0.05) is 221 Å². The second-order valence-corrected chi connectivity index (χ2v) is 27.5. The van der Waals surface area contributed by atoms with E-state index in [2.05, 4.69) is 61.1 Å². The molecule has 504 valence electrons. The summed E-state index contributed by atoms with van der Waals surface area (Å²) < 4.78 is 164. The van der Waals surface area contributed by atoms with E-state index in [0.29, 0.717) is 84.8 Å². The van der Waals surface area contributed by atoms with E-state index < -0.39 is 85.5 Å². The number of rotatable bonds is 14. The summed E-state index contributed by atoms with van der Waals surface area (Å²) >= 11 is 0. The molecule has 13 aromatic rings. The Balaban J connectivity index is 0.847. The van der Waals surface area contributed by atoms with Crippen molar-refractivity contribution < 1.29 is 43.9 Å². The van der Waals surface area contributed by atoms with Crippen LogP contribution in [-0.2, 0) is 29.1 Å². The molecule has 0 radical (unpaired) electrons. The van der Waals surface area contributed by atoms with Gasteiger partial charge in [0.05, 0.1) is 22.2 Å². The molecule has 0 N–H and O–H groups in total. The van der Waals surface area contributed by atoms with Gasteiger partial charge in [-0.05, 0) is 186 Å². The smallest absolute Gasteiger partial charge is 0.200 e. The van der Waals surface area contributed by atoms with E-state index in [1.54, 1.807) is 84.9 Å². The van der Waals surface area contributed by atoms with Gasteiger partial charge in [-0.3, -0.25) is 0 Å². The van der Waals surface area contributed by atoms with Crippen LogP contribution in [0.1, 0.15) is 93.5 Å². The molecule has 103 heavy (non-hydrogen) atoms. The third kappa shape index (κ3) is 9.62. The Labute approximate surface area is 588 Å². The summed E-state index contributed by atoms with van der Waals surface area (Å²) in [6.07, 6.45) is 7.52. The largest absolute Gasteiger partial charge is 0.310 e. The predicted octanol–water partition coefficient (Wildman–Crippen LogP) is 25.1. The zero-order valence-corrected chi connectivity index (χ0v) is 55.7. The Morgan fingerprint density at radius 2 is 0.728 bits per heavy atom. The average Bonchev–Trinajstić information content (AvgIpc) is 1.56. The molecular weight excluding hydrogens is 1310 g/mol. The second kappa shape index (κ2) is 24.2. The lowest BCUT2D eigenvalue weighted by molar-refractivity contribution is 0.355. The van der Waals surface area contributed by atoms with Crippen molar-refractivity contribution in [1.82, 2.24) is 0 Å². The van der Waals surface area contributed by atoms with Crippen LogP contribution in [0, 0.1) is 58.2 Å². The minimum Gasteiger partial charge on any atom is -0.310 e. The molecule has 0 saturated carbocycles. The van der Waals surface area contributed by atoms with Gasteiger partial charge < -0.3 is 9.80 Å². The Morgan fingerprint density at radius 3 is 1.20 bits per heavy atom. The fourth-order valence-corrected chi connectivity index (χ4v) is 17.2. The zero-order chi connectivity index (χ0) is 71.1. The molecule has 4 aliphatic carbocycles. The number of benzene rings is 13. The first-order valence-electron chi connectivity index (χ1n) is 34.0. The molecule has 0 bridgehead atoms. The Hall–Kier alpha value is -11.8. The first kappa shape index (κ1) is 64.6. The van der Waals surface area contributed by atoms with E-state index in [1.165, 1.54) is 0 Å². The molecule has 0 aromatic heterocycles. The van der Waals surface area contributed by atoms with Crippen LogP contribution in [0.15, 0.2) is 261 Å². The van der Waals surface area contributed by atoms with Crippen LogP contribution in [0.25, 0.3) is 61.5 Å². The van der Waals surface area contributed by atoms with Crippen molar-refractivity contribution in [3.8, 4) is 22.3 Å². The van der Waals surface area contributed by atoms with Crippen LogP contribution >= 0.6 is 0 Å². The van der Waals surface area contributed by atoms with Crippen LogP contribution in [0.3, 0.4) is 0 Å². The van der Waals surface area contributed by atoms with Crippen molar-refractivity contribution in [3.63, 3.8) is 0 Å². The summed E-state index contributed by atoms with van der Waals surface area (Å²) in [5, 5.41) is 3.54. The van der Waals surface area contributed by atoms with E-state index in [0.717, 1.165) is 66.3 Å². The lowest BCUT2D eigenvalue weighted by Gasteiger charge is -2.37. The second-order valence-electron chi connectivity index (χ2n) is 27.5. The first-order valence-corrected chi connectivity index (χ1v) is 34.0. The van der Waals surface area contributed by atoms with Crippen LogP contribution in [0.4, 0.5) is 78.0 Å². The topological polar surface area (TPSA) is 6.48 Å². The number of anilines is 6. The van der Waals surface area contributed by atoms with E-state index in [9.17, 15) is 0 Å². The molecule has 4 aliphatic rings. The summed E-state index contributed by atoms with van der Waals surface area (Å²) in [6, 6.07) is 72.7. The highest BCUT2D eigenvalue weighted by atomic mass is 19.2. The molecule has 2 atom stereocenters. The normalized spacial score (nSPS) is 16.5. The van der Waals surface area contributed by atoms with Gasteiger partial charge in [0.2, 0.25) is 11.6 Å². The molecule has 0 spiro atoms. The highest BCUT2D eigenvalue weighted by Gasteiger charge is 2.53. The van der Waals surface area contributed by atoms with Crippen LogP contribution in [0.5, 0.6) is 0 Å². The van der Waals surface area contributed by atoms with Gasteiger partial charge in [-0.2, -0.15) is 0 Å². The molecule has 0 amide bonds. The quantitative estimate of drug-likeness (QED) is 0.0608. The number of halogens is 10. The molecule has 2 unspecified atom stereocenters. The average molecular weight is 1370 g/mol. The molecule has 2 nitrogen and oxygen atoms in total. The highest BCUT2D eigenvalue weighted by Crippen LogP contribution is 2.61. The molecule has 13 aromatic carbocycles. The summed E-state index contributed by atoms with van der Waals surface area (Å²) in [5.74, 6) is -20.3. The Bertz CT molecular complexity index is 5800. The fraction of sp³-hybridized carbons (Fsp3) is 0.0989. The summed E-state index contributed by atoms with van der Waals surface area (Å²) in [4.78, 5) is 4.15. The maximum atomic E-state index is 17.2. The zero-order valence-electron chi connectivity index (χ0n) is 55.7. The van der Waals surface area contributed by atoms with Gasteiger partial charge in [-0.25, -0.2) is 43.9 Å². The van der Waals surface area contributed by atoms with E-state index in [4.69, 9.17) is 0 Å². The van der Waals surface area contributed by atoms with Crippen molar-refractivity contribution in [2.45, 2.75) is 55.8 Å². The van der Waals surface area contributed by atoms with Crippen LogP contribution in [0.2, 0.25) is 0 Å². The molecule has 0 heterocycles. The molecule has 12 heteroatoms. The van der Waals surface area contributed by atoms with Crippen molar-refractivity contribution in [3.05, 3.63) is 386 Å². The predicted molar refractivity (Wildman–Crippen MR) is 393 cm³/mol. The summed E-state index contributed by atoms with van der Waals surface area (Å²) in [6.45, 7) is 12.1. The van der Waals surface area contributed by atoms with Crippen molar-refractivity contribution in [2.75, 3.05) is 9.80 Å². The molecule has 17 rings (SSSR count). The van der Waals surface area contributed by atoms with Gasteiger partial charge in [0, 0.05) is 50.1 Å². The van der Waals surface area contributed by atoms with Gasteiger partial charge in [0.25, 0.3) is 0 Å². The minimum atomic E-state index is -2.26. The van der Waals surface area contributed by atoms with E-state index >= 15 is 43.9 Å². The maximum Gasteiger partial charge on any atom is 0.200 e. The third-order valence-corrected chi connectivity index (χ3v) is 21.9. The minimum absolute atomic E-state index is 0.156. The lowest BCUT2D eigenvalue weighted by Crippen LogP contribution is -2.35. The van der Waals surface area contributed by atoms with Crippen molar-refractivity contribution in [2.24, 2.45) is 0 Å². The number of nitrogens with zero attached hydrogens (tertiary/aromatic N) is 2. The standard InChI is InChI=1S/C91H60F10N2/c1-5-51-29-33-53(34-30-51)49-90(77-79(92)83(96)87(100)84(97)80(77)93)69-25-13-11-23-63(69)67-43-39-59(47-73(67)90)102(75-27-15-19-55-17-7-9-21-61(55)75)57-37-41-65-66-42-38-58(46-72(66)89(3,4)71(65)45-57)103(76-28-16-20-56-18-8-10-22-62(56)76)60-40-44-68-64-24-12-14-26-70(64)91(74(68)48-60,50-54-35-31-52(6-2)32-36-54)78-81(94)85(98)88(101)86(99)82(78)95/h5-13,15-25,27-48H,1-2,14,26,49-50H2,3-4H3. The monoisotopic (exact) mass is 1370 g/mol. The molecular formula is C91H60F10N2. The number of allylic oxidation sites excluding steroid dienone is 4. The van der Waals surface area contributed by atoms with Crippen LogP contribution < -0.4 is 9.80 Å². The van der Waals surface area contributed by atoms with E-state index in [1.807, 2.05) is 146 Å². The lowest BCUT2D eigenvalue weighted by atomic mass is 9.65. The summed E-state index contributed by atoms with van der Waals surface area (Å²) in [5.41, 5.74) is 7.71. The maximum absolute atomic E-state index is 17.2. The molecule has 0 saturated heterocycles. The first-order chi connectivity index (χ1) is 49.9. The number of hydrogen-bond acceptors (Lipinski definition) is 2. The Kier molecular flexibility index (Phi) is 15.2. The Morgan fingerprint density at radius 1 is 0.359 bits per heavy atom. The van der Waals surface area contributed by atoms with Gasteiger partial charge in [-0.15, -0.1) is 0 Å². The van der Waals surface area contributed by atoms with Crippen molar-refractivity contribution in [1.29, 1.82) is 0 Å². The van der Waals surface area contributed by atoms with Crippen LogP contribution in [-0.4, -0.2) is 0 Å². The number of hydrogen-bond donors (Lipinski definition) is 0. The molecule has 0 aliphatic heterocycles. The van der Waals surface area contributed by atoms with Gasteiger partial charge in [0.1, 0.15) is 0 Å². The highest BCUT2D eigenvalue weighted by molar-refractivity contribution is 6.03. The summed E-state index contributed by atoms with van der Waals surface area (Å²) in [7, 11) is 0. The number of fused-ring (bicyclic) bond motifs is 10.